The molecule has 10 nitrogen and oxygen atoms in total. The highest BCUT2D eigenvalue weighted by Crippen LogP contribution is 2.34. The Balaban J connectivity index is 1.57. The Labute approximate surface area is 242 Å². The van der Waals surface area contributed by atoms with Gasteiger partial charge in [0.2, 0.25) is 10.0 Å². The number of aryl methyl sites for hydroxylation is 1. The van der Waals surface area contributed by atoms with E-state index in [2.05, 4.69) is 5.10 Å². The smallest absolute Gasteiger partial charge is 0.326 e. The molecule has 0 bridgehead atoms. The van der Waals surface area contributed by atoms with Gasteiger partial charge in [0, 0.05) is 18.4 Å². The highest BCUT2D eigenvalue weighted by Gasteiger charge is 2.42. The van der Waals surface area contributed by atoms with Crippen LogP contribution in [0.1, 0.15) is 21.6 Å². The van der Waals surface area contributed by atoms with Crippen LogP contribution in [0.15, 0.2) is 83.9 Å². The number of hydrogen-bond acceptors (Lipinski definition) is 7. The zero-order chi connectivity index (χ0) is 29.3. The maximum atomic E-state index is 14.0. The van der Waals surface area contributed by atoms with E-state index in [-0.39, 0.29) is 28.6 Å². The summed E-state index contributed by atoms with van der Waals surface area (Å²) < 4.78 is 40.7. The maximum absolute atomic E-state index is 14.0. The second-order valence-electron chi connectivity index (χ2n) is 9.38. The summed E-state index contributed by atoms with van der Waals surface area (Å²) in [6.45, 7) is 1.40. The number of rotatable bonds is 6. The molecule has 0 radical (unpaired) electrons. The van der Waals surface area contributed by atoms with Crippen molar-refractivity contribution < 1.29 is 27.5 Å². The summed E-state index contributed by atoms with van der Waals surface area (Å²) in [7, 11) is -1.55. The number of amides is 1. The summed E-state index contributed by atoms with van der Waals surface area (Å²) in [6.07, 6.45) is 1.78. The summed E-state index contributed by atoms with van der Waals surface area (Å²) in [5.41, 5.74) is 2.67. The van der Waals surface area contributed by atoms with Crippen molar-refractivity contribution in [1.29, 1.82) is 0 Å². The van der Waals surface area contributed by atoms with E-state index in [1.165, 1.54) is 43.4 Å². The van der Waals surface area contributed by atoms with Crippen molar-refractivity contribution >= 4 is 39.2 Å². The van der Waals surface area contributed by atoms with Crippen molar-refractivity contribution in [3.05, 3.63) is 101 Å². The van der Waals surface area contributed by atoms with Crippen molar-refractivity contribution in [2.24, 2.45) is 0 Å². The molecular weight excluding hydrogens is 568 g/mol. The lowest BCUT2D eigenvalue weighted by Crippen LogP contribution is -2.50. The van der Waals surface area contributed by atoms with Crippen LogP contribution in [0, 0.1) is 6.92 Å². The third kappa shape index (κ3) is 5.43. The van der Waals surface area contributed by atoms with Crippen molar-refractivity contribution in [3.63, 3.8) is 0 Å². The minimum absolute atomic E-state index is 0.0306. The van der Waals surface area contributed by atoms with Gasteiger partial charge in [0.05, 0.1) is 47.6 Å². The molecule has 0 fully saturated rings. The number of carbonyl (C=O) groups is 2. The van der Waals surface area contributed by atoms with Crippen LogP contribution >= 0.6 is 11.6 Å². The van der Waals surface area contributed by atoms with Gasteiger partial charge in [-0.1, -0.05) is 29.8 Å². The Bertz CT molecular complexity index is 1720. The molecule has 212 valence electrons. The molecule has 1 aliphatic heterocycles. The molecule has 0 N–H and O–H groups in total. The fraction of sp³-hybridized carbons (Fsp3) is 0.207. The predicted octanol–water partition coefficient (Wildman–Crippen LogP) is 4.24. The first kappa shape index (κ1) is 28.3. The SMILES string of the molecule is COC(=O)C1CN(C(=O)c2ccc(-n3ccc(C)n3)cc2Cl)c2ccccc2CN1S(=O)(=O)c1ccc(OC)cc1. The van der Waals surface area contributed by atoms with Gasteiger partial charge in [-0.2, -0.15) is 9.40 Å². The van der Waals surface area contributed by atoms with Gasteiger partial charge in [-0.15, -0.1) is 0 Å². The van der Waals surface area contributed by atoms with E-state index in [1.54, 1.807) is 53.3 Å². The Morgan fingerprint density at radius 1 is 1.00 bits per heavy atom. The van der Waals surface area contributed by atoms with Gasteiger partial charge >= 0.3 is 5.97 Å². The number of benzene rings is 3. The number of anilines is 1. The summed E-state index contributed by atoms with van der Waals surface area (Å²) >= 11 is 6.60. The first-order valence-electron chi connectivity index (χ1n) is 12.6. The molecule has 2 heterocycles. The van der Waals surface area contributed by atoms with Crippen LogP contribution in [-0.2, 0) is 26.1 Å². The van der Waals surface area contributed by atoms with Crippen LogP contribution in [0.25, 0.3) is 5.69 Å². The Morgan fingerprint density at radius 3 is 2.37 bits per heavy atom. The molecular formula is C29H27ClN4O6S. The zero-order valence-electron chi connectivity index (χ0n) is 22.5. The number of sulfonamides is 1. The Morgan fingerprint density at radius 2 is 1.73 bits per heavy atom. The first-order chi connectivity index (χ1) is 19.6. The van der Waals surface area contributed by atoms with Crippen molar-refractivity contribution in [1.82, 2.24) is 14.1 Å². The Hall–Kier alpha value is -4.19. The number of hydrogen-bond donors (Lipinski definition) is 0. The third-order valence-corrected chi connectivity index (χ3v) is 9.05. The highest BCUT2D eigenvalue weighted by atomic mass is 35.5. The van der Waals surface area contributed by atoms with E-state index in [0.717, 1.165) is 10.00 Å². The number of carbonyl (C=O) groups excluding carboxylic acids is 2. The van der Waals surface area contributed by atoms with Gasteiger partial charge in [-0.3, -0.25) is 9.59 Å². The fourth-order valence-corrected chi connectivity index (χ4v) is 6.53. The summed E-state index contributed by atoms with van der Waals surface area (Å²) in [6, 6.07) is 18.2. The van der Waals surface area contributed by atoms with Crippen LogP contribution < -0.4 is 9.64 Å². The van der Waals surface area contributed by atoms with Crippen molar-refractivity contribution in [2.75, 3.05) is 25.7 Å². The number of fused-ring (bicyclic) bond motifs is 1. The molecule has 1 atom stereocenters. The zero-order valence-corrected chi connectivity index (χ0v) is 24.1. The van der Waals surface area contributed by atoms with Gasteiger partial charge in [0.25, 0.3) is 5.91 Å². The van der Waals surface area contributed by atoms with Crippen LogP contribution in [0.4, 0.5) is 5.69 Å². The van der Waals surface area contributed by atoms with Gasteiger partial charge in [0.1, 0.15) is 11.8 Å². The lowest BCUT2D eigenvalue weighted by Gasteiger charge is -2.29. The average molecular weight is 595 g/mol. The molecule has 0 saturated heterocycles. The largest absolute Gasteiger partial charge is 0.497 e. The van der Waals surface area contributed by atoms with Gasteiger partial charge in [0.15, 0.2) is 0 Å². The number of halogens is 1. The fourth-order valence-electron chi connectivity index (χ4n) is 4.73. The lowest BCUT2D eigenvalue weighted by atomic mass is 10.1. The molecule has 12 heteroatoms. The van der Waals surface area contributed by atoms with Gasteiger partial charge < -0.3 is 14.4 Å². The standard InChI is InChI=1S/C29H27ClN4O6S/c1-19-14-15-33(31-19)21-8-13-24(25(30)16-21)28(35)32-18-27(29(36)40-3)34(17-20-6-4-5-7-26(20)32)41(37,38)23-11-9-22(39-2)10-12-23/h4-16,27H,17-18H2,1-3H3. The molecule has 1 aliphatic rings. The molecule has 5 rings (SSSR count). The highest BCUT2D eigenvalue weighted by molar-refractivity contribution is 7.89. The molecule has 0 aliphatic carbocycles. The molecule has 1 aromatic heterocycles. The maximum Gasteiger partial charge on any atom is 0.326 e. The third-order valence-electron chi connectivity index (χ3n) is 6.87. The normalized spacial score (nSPS) is 15.6. The number of para-hydroxylation sites is 1. The second-order valence-corrected chi connectivity index (χ2v) is 11.7. The number of esters is 1. The van der Waals surface area contributed by atoms with Crippen LogP contribution in [0.2, 0.25) is 5.02 Å². The minimum atomic E-state index is -4.21. The van der Waals surface area contributed by atoms with Gasteiger partial charge in [-0.05, 0) is 67.1 Å². The molecule has 1 unspecified atom stereocenters. The molecule has 1 amide bonds. The van der Waals surface area contributed by atoms with Crippen LogP contribution in [0.5, 0.6) is 5.75 Å². The van der Waals surface area contributed by atoms with E-state index >= 15 is 0 Å². The number of nitrogens with zero attached hydrogens (tertiary/aromatic N) is 4. The summed E-state index contributed by atoms with van der Waals surface area (Å²) in [5, 5.41) is 4.56. The second kappa shape index (κ2) is 11.4. The van der Waals surface area contributed by atoms with Gasteiger partial charge in [-0.25, -0.2) is 13.1 Å². The first-order valence-corrected chi connectivity index (χ1v) is 14.4. The van der Waals surface area contributed by atoms with Crippen molar-refractivity contribution in [2.45, 2.75) is 24.4 Å². The van der Waals surface area contributed by atoms with E-state index in [4.69, 9.17) is 21.1 Å². The molecule has 3 aromatic carbocycles. The Kier molecular flexibility index (Phi) is 7.85. The summed E-state index contributed by atoms with van der Waals surface area (Å²) in [4.78, 5) is 28.5. The molecule has 0 saturated carbocycles. The number of methoxy groups -OCH3 is 2. The molecule has 4 aromatic rings. The van der Waals surface area contributed by atoms with E-state index in [0.29, 0.717) is 22.7 Å². The van der Waals surface area contributed by atoms with E-state index in [9.17, 15) is 18.0 Å². The average Bonchev–Trinajstić information content (AvgIpc) is 3.34. The minimum Gasteiger partial charge on any atom is -0.497 e. The predicted molar refractivity (Wildman–Crippen MR) is 153 cm³/mol. The van der Waals surface area contributed by atoms with E-state index < -0.39 is 27.9 Å². The summed E-state index contributed by atoms with van der Waals surface area (Å²) in [5.74, 6) is -0.816. The molecule has 41 heavy (non-hydrogen) atoms. The quantitative estimate of drug-likeness (QED) is 0.307. The van der Waals surface area contributed by atoms with Crippen molar-refractivity contribution in [3.8, 4) is 11.4 Å². The topological polar surface area (TPSA) is 111 Å². The number of aromatic nitrogens is 2. The lowest BCUT2D eigenvalue weighted by molar-refractivity contribution is -0.144. The number of ether oxygens (including phenoxy) is 2. The van der Waals surface area contributed by atoms with E-state index in [1.807, 2.05) is 13.0 Å². The monoisotopic (exact) mass is 594 g/mol. The molecule has 0 spiro atoms. The van der Waals surface area contributed by atoms with Crippen LogP contribution in [0.3, 0.4) is 0 Å². The van der Waals surface area contributed by atoms with Crippen LogP contribution in [-0.4, -0.2) is 61.2 Å².